The molecule has 1 unspecified atom stereocenters. The lowest BCUT2D eigenvalue weighted by Crippen LogP contribution is -2.36. The molecule has 112 valence electrons. The summed E-state index contributed by atoms with van der Waals surface area (Å²) in [6, 6.07) is 3.49. The highest BCUT2D eigenvalue weighted by Gasteiger charge is 2.29. The van der Waals surface area contributed by atoms with Crippen LogP contribution >= 0.6 is 0 Å². The minimum atomic E-state index is -3.52. The minimum Gasteiger partial charge on any atom is -0.398 e. The van der Waals surface area contributed by atoms with Gasteiger partial charge in [-0.3, -0.25) is 0 Å². The molecule has 5 nitrogen and oxygen atoms in total. The third-order valence-corrected chi connectivity index (χ3v) is 5.57. The van der Waals surface area contributed by atoms with Gasteiger partial charge in [-0.1, -0.05) is 0 Å². The SMILES string of the molecule is Cc1cc(N)c(C)c(S(=O)(=O)N2CCCOC(C)C2)c1. The zero-order valence-corrected chi connectivity index (χ0v) is 13.0. The predicted octanol–water partition coefficient (Wildman–Crippen LogP) is 1.69. The van der Waals surface area contributed by atoms with Crippen molar-refractivity contribution in [1.29, 1.82) is 0 Å². The lowest BCUT2D eigenvalue weighted by molar-refractivity contribution is 0.0752. The number of nitrogens with zero attached hydrogens (tertiary/aromatic N) is 1. The number of anilines is 1. The second kappa shape index (κ2) is 5.71. The van der Waals surface area contributed by atoms with Gasteiger partial charge in [0.1, 0.15) is 0 Å². The van der Waals surface area contributed by atoms with Gasteiger partial charge in [-0.05, 0) is 50.5 Å². The second-order valence-corrected chi connectivity index (χ2v) is 7.28. The van der Waals surface area contributed by atoms with Crippen LogP contribution in [0, 0.1) is 13.8 Å². The number of sulfonamides is 1. The average Bonchev–Trinajstić information content (AvgIpc) is 2.58. The van der Waals surface area contributed by atoms with Crippen LogP contribution in [0.3, 0.4) is 0 Å². The maximum atomic E-state index is 12.8. The van der Waals surface area contributed by atoms with E-state index in [-0.39, 0.29) is 6.10 Å². The zero-order chi connectivity index (χ0) is 14.9. The van der Waals surface area contributed by atoms with Gasteiger partial charge in [0.05, 0.1) is 11.0 Å². The van der Waals surface area contributed by atoms with Gasteiger partial charge in [-0.25, -0.2) is 8.42 Å². The van der Waals surface area contributed by atoms with E-state index in [1.165, 1.54) is 4.31 Å². The minimum absolute atomic E-state index is 0.0882. The Kier molecular flexibility index (Phi) is 4.36. The van der Waals surface area contributed by atoms with Crippen LogP contribution in [-0.4, -0.2) is 38.5 Å². The summed E-state index contributed by atoms with van der Waals surface area (Å²) in [4.78, 5) is 0.309. The van der Waals surface area contributed by atoms with Gasteiger partial charge in [0.15, 0.2) is 0 Å². The standard InChI is InChI=1S/C14H22N2O3S/c1-10-7-13(15)12(3)14(8-10)20(17,18)16-5-4-6-19-11(2)9-16/h7-8,11H,4-6,9,15H2,1-3H3. The Balaban J connectivity index is 2.44. The molecule has 20 heavy (non-hydrogen) atoms. The number of ether oxygens (including phenoxy) is 1. The van der Waals surface area contributed by atoms with Crippen molar-refractivity contribution in [2.45, 2.75) is 38.2 Å². The molecule has 0 radical (unpaired) electrons. The van der Waals surface area contributed by atoms with Crippen LogP contribution in [0.2, 0.25) is 0 Å². The van der Waals surface area contributed by atoms with Gasteiger partial charge in [-0.2, -0.15) is 4.31 Å². The first-order valence-corrected chi connectivity index (χ1v) is 8.25. The van der Waals surface area contributed by atoms with E-state index in [1.807, 2.05) is 13.8 Å². The predicted molar refractivity (Wildman–Crippen MR) is 79.1 cm³/mol. The molecule has 0 aliphatic carbocycles. The molecule has 0 saturated carbocycles. The quantitative estimate of drug-likeness (QED) is 0.843. The Morgan fingerprint density at radius 2 is 2.05 bits per heavy atom. The normalized spacial score (nSPS) is 21.6. The number of benzene rings is 1. The van der Waals surface area contributed by atoms with Crippen molar-refractivity contribution in [1.82, 2.24) is 4.31 Å². The molecule has 1 aromatic carbocycles. The van der Waals surface area contributed by atoms with Crippen molar-refractivity contribution in [2.24, 2.45) is 0 Å². The lowest BCUT2D eigenvalue weighted by atomic mass is 10.1. The van der Waals surface area contributed by atoms with Crippen molar-refractivity contribution in [2.75, 3.05) is 25.4 Å². The van der Waals surface area contributed by atoms with Crippen molar-refractivity contribution in [3.05, 3.63) is 23.3 Å². The first kappa shape index (κ1) is 15.3. The third-order valence-electron chi connectivity index (χ3n) is 3.58. The fourth-order valence-electron chi connectivity index (χ4n) is 2.43. The number of rotatable bonds is 2. The molecule has 1 aliphatic heterocycles. The molecule has 2 N–H and O–H groups in total. The molecule has 1 fully saturated rings. The molecule has 1 atom stereocenters. The van der Waals surface area contributed by atoms with Crippen LogP contribution in [-0.2, 0) is 14.8 Å². The van der Waals surface area contributed by atoms with Crippen molar-refractivity contribution in [3.63, 3.8) is 0 Å². The van der Waals surface area contributed by atoms with Crippen molar-refractivity contribution < 1.29 is 13.2 Å². The monoisotopic (exact) mass is 298 g/mol. The maximum Gasteiger partial charge on any atom is 0.243 e. The van der Waals surface area contributed by atoms with Crippen LogP contribution in [0.1, 0.15) is 24.5 Å². The van der Waals surface area contributed by atoms with Crippen molar-refractivity contribution in [3.8, 4) is 0 Å². The summed E-state index contributed by atoms with van der Waals surface area (Å²) < 4.78 is 32.7. The average molecular weight is 298 g/mol. The Morgan fingerprint density at radius 1 is 1.35 bits per heavy atom. The van der Waals surface area contributed by atoms with E-state index in [1.54, 1.807) is 19.1 Å². The summed E-state index contributed by atoms with van der Waals surface area (Å²) in [6.07, 6.45) is 0.624. The fourth-order valence-corrected chi connectivity index (χ4v) is 4.33. The molecule has 0 bridgehead atoms. The molecule has 2 rings (SSSR count). The number of hydrogen-bond acceptors (Lipinski definition) is 4. The van der Waals surface area contributed by atoms with E-state index in [2.05, 4.69) is 0 Å². The van der Waals surface area contributed by atoms with Gasteiger partial charge in [0.2, 0.25) is 10.0 Å². The Hall–Kier alpha value is -1.11. The number of aryl methyl sites for hydroxylation is 1. The van der Waals surface area contributed by atoms with E-state index < -0.39 is 10.0 Å². The molecule has 6 heteroatoms. The summed E-state index contributed by atoms with van der Waals surface area (Å²) in [5.74, 6) is 0. The van der Waals surface area contributed by atoms with E-state index in [4.69, 9.17) is 10.5 Å². The number of nitrogen functional groups attached to an aromatic ring is 1. The smallest absolute Gasteiger partial charge is 0.243 e. The summed E-state index contributed by atoms with van der Waals surface area (Å²) in [5.41, 5.74) is 7.89. The molecule has 0 spiro atoms. The van der Waals surface area contributed by atoms with E-state index in [0.29, 0.717) is 42.3 Å². The Bertz CT molecular complexity index is 599. The fraction of sp³-hybridized carbons (Fsp3) is 0.571. The highest BCUT2D eigenvalue weighted by Crippen LogP contribution is 2.27. The van der Waals surface area contributed by atoms with Crippen molar-refractivity contribution >= 4 is 15.7 Å². The maximum absolute atomic E-state index is 12.8. The van der Waals surface area contributed by atoms with Crippen LogP contribution in [0.5, 0.6) is 0 Å². The summed E-state index contributed by atoms with van der Waals surface area (Å²) in [5, 5.41) is 0. The largest absolute Gasteiger partial charge is 0.398 e. The van der Waals surface area contributed by atoms with Gasteiger partial charge in [0, 0.05) is 25.4 Å². The van der Waals surface area contributed by atoms with Gasteiger partial charge < -0.3 is 10.5 Å². The molecule has 0 aromatic heterocycles. The highest BCUT2D eigenvalue weighted by molar-refractivity contribution is 7.89. The molecular weight excluding hydrogens is 276 g/mol. The van der Waals surface area contributed by atoms with Gasteiger partial charge in [-0.15, -0.1) is 0 Å². The summed E-state index contributed by atoms with van der Waals surface area (Å²) in [7, 11) is -3.52. The summed E-state index contributed by atoms with van der Waals surface area (Å²) in [6.45, 7) is 6.96. The number of hydrogen-bond donors (Lipinski definition) is 1. The first-order chi connectivity index (χ1) is 9.32. The van der Waals surface area contributed by atoms with Crippen LogP contribution in [0.15, 0.2) is 17.0 Å². The molecular formula is C14H22N2O3S. The van der Waals surface area contributed by atoms with Crippen LogP contribution < -0.4 is 5.73 Å². The Morgan fingerprint density at radius 3 is 2.75 bits per heavy atom. The van der Waals surface area contributed by atoms with Crippen LogP contribution in [0.4, 0.5) is 5.69 Å². The molecule has 1 saturated heterocycles. The Labute approximate surface area is 120 Å². The van der Waals surface area contributed by atoms with Gasteiger partial charge in [0.25, 0.3) is 0 Å². The highest BCUT2D eigenvalue weighted by atomic mass is 32.2. The van der Waals surface area contributed by atoms with Crippen LogP contribution in [0.25, 0.3) is 0 Å². The second-order valence-electron chi connectivity index (χ2n) is 5.38. The topological polar surface area (TPSA) is 72.6 Å². The third kappa shape index (κ3) is 2.97. The van der Waals surface area contributed by atoms with E-state index >= 15 is 0 Å². The van der Waals surface area contributed by atoms with E-state index in [0.717, 1.165) is 5.56 Å². The lowest BCUT2D eigenvalue weighted by Gasteiger charge is -2.23. The molecule has 0 amide bonds. The first-order valence-electron chi connectivity index (χ1n) is 6.81. The van der Waals surface area contributed by atoms with E-state index in [9.17, 15) is 8.42 Å². The summed E-state index contributed by atoms with van der Waals surface area (Å²) >= 11 is 0. The molecule has 1 heterocycles. The zero-order valence-electron chi connectivity index (χ0n) is 12.2. The van der Waals surface area contributed by atoms with Gasteiger partial charge >= 0.3 is 0 Å². The molecule has 1 aromatic rings. The molecule has 1 aliphatic rings. The number of nitrogens with two attached hydrogens (primary N) is 1.